The minimum atomic E-state index is 0.461. The second kappa shape index (κ2) is 5.83. The van der Waals surface area contributed by atoms with Gasteiger partial charge in [0.05, 0.1) is 6.10 Å². The fourth-order valence-electron chi connectivity index (χ4n) is 2.72. The van der Waals surface area contributed by atoms with Gasteiger partial charge in [-0.1, -0.05) is 0 Å². The third kappa shape index (κ3) is 3.74. The summed E-state index contributed by atoms with van der Waals surface area (Å²) in [6.45, 7) is 3.12. The van der Waals surface area contributed by atoms with Gasteiger partial charge in [0.1, 0.15) is 0 Å². The van der Waals surface area contributed by atoms with Gasteiger partial charge in [0.2, 0.25) is 0 Å². The van der Waals surface area contributed by atoms with E-state index in [9.17, 15) is 0 Å². The predicted molar refractivity (Wildman–Crippen MR) is 61.8 cm³/mol. The zero-order chi connectivity index (χ0) is 10.5. The Morgan fingerprint density at radius 2 is 2.07 bits per heavy atom. The molecule has 3 heteroatoms. The molecule has 1 saturated heterocycles. The highest BCUT2D eigenvalue weighted by Crippen LogP contribution is 2.23. The van der Waals surface area contributed by atoms with Crippen molar-refractivity contribution in [3.63, 3.8) is 0 Å². The second-order valence-corrected chi connectivity index (χ2v) is 5.09. The van der Waals surface area contributed by atoms with Gasteiger partial charge in [-0.3, -0.25) is 0 Å². The molecule has 15 heavy (non-hydrogen) atoms. The lowest BCUT2D eigenvalue weighted by molar-refractivity contribution is 0.0165. The third-order valence-electron chi connectivity index (χ3n) is 3.66. The van der Waals surface area contributed by atoms with Crippen LogP contribution in [-0.2, 0) is 4.74 Å². The molecule has 3 atom stereocenters. The molecule has 2 fully saturated rings. The summed E-state index contributed by atoms with van der Waals surface area (Å²) in [5.41, 5.74) is 5.89. The van der Waals surface area contributed by atoms with E-state index in [4.69, 9.17) is 10.5 Å². The van der Waals surface area contributed by atoms with Crippen LogP contribution in [0.3, 0.4) is 0 Å². The topological polar surface area (TPSA) is 47.3 Å². The molecular weight excluding hydrogens is 188 g/mol. The number of hydrogen-bond acceptors (Lipinski definition) is 3. The Morgan fingerprint density at radius 1 is 1.13 bits per heavy atom. The zero-order valence-electron chi connectivity index (χ0n) is 9.58. The molecule has 0 bridgehead atoms. The molecule has 0 spiro atoms. The Balaban J connectivity index is 1.54. The molecule has 3 N–H and O–H groups in total. The van der Waals surface area contributed by atoms with Crippen LogP contribution >= 0.6 is 0 Å². The molecule has 0 aromatic heterocycles. The van der Waals surface area contributed by atoms with E-state index in [2.05, 4.69) is 5.32 Å². The second-order valence-electron chi connectivity index (χ2n) is 5.09. The van der Waals surface area contributed by atoms with Crippen molar-refractivity contribution in [2.45, 2.75) is 50.7 Å². The molecular formula is C12H24N2O. The average molecular weight is 212 g/mol. The Morgan fingerprint density at radius 3 is 2.73 bits per heavy atom. The van der Waals surface area contributed by atoms with Crippen LogP contribution in [0, 0.1) is 5.92 Å². The molecule has 0 aromatic rings. The monoisotopic (exact) mass is 212 g/mol. The van der Waals surface area contributed by atoms with Gasteiger partial charge >= 0.3 is 0 Å². The van der Waals surface area contributed by atoms with E-state index in [0.717, 1.165) is 25.6 Å². The highest BCUT2D eigenvalue weighted by molar-refractivity contribution is 4.79. The van der Waals surface area contributed by atoms with Crippen molar-refractivity contribution in [2.75, 3.05) is 19.7 Å². The summed E-state index contributed by atoms with van der Waals surface area (Å²) in [6.07, 6.45) is 8.00. The van der Waals surface area contributed by atoms with E-state index < -0.39 is 0 Å². The van der Waals surface area contributed by atoms with E-state index in [-0.39, 0.29) is 0 Å². The summed E-state index contributed by atoms with van der Waals surface area (Å²) in [5, 5.41) is 3.54. The fraction of sp³-hybridized carbons (Fsp3) is 1.00. The van der Waals surface area contributed by atoms with E-state index in [1.807, 2.05) is 0 Å². The summed E-state index contributed by atoms with van der Waals surface area (Å²) >= 11 is 0. The Hall–Kier alpha value is -0.120. The number of ether oxygens (including phenoxy) is 1. The van der Waals surface area contributed by atoms with E-state index >= 15 is 0 Å². The maximum absolute atomic E-state index is 5.89. The minimum absolute atomic E-state index is 0.461. The van der Waals surface area contributed by atoms with Crippen LogP contribution in [-0.4, -0.2) is 31.8 Å². The first-order chi connectivity index (χ1) is 7.34. The Kier molecular flexibility index (Phi) is 4.42. The molecule has 1 heterocycles. The van der Waals surface area contributed by atoms with Crippen LogP contribution in [0.5, 0.6) is 0 Å². The third-order valence-corrected chi connectivity index (χ3v) is 3.66. The largest absolute Gasteiger partial charge is 0.377 e. The molecule has 3 unspecified atom stereocenters. The molecule has 0 amide bonds. The molecule has 3 nitrogen and oxygen atoms in total. The number of nitrogens with one attached hydrogen (secondary N) is 1. The number of hydrogen-bond donors (Lipinski definition) is 2. The van der Waals surface area contributed by atoms with Crippen molar-refractivity contribution in [2.24, 2.45) is 11.7 Å². The minimum Gasteiger partial charge on any atom is -0.377 e. The smallest absolute Gasteiger partial charge is 0.0699 e. The van der Waals surface area contributed by atoms with Crippen LogP contribution in [0.4, 0.5) is 0 Å². The lowest BCUT2D eigenvalue weighted by atomic mass is 10.1. The standard InChI is InChI=1S/C12H24N2O/c13-11-5-4-10(7-11)8-14-9-12-3-1-2-6-15-12/h10-12,14H,1-9,13H2. The zero-order valence-corrected chi connectivity index (χ0v) is 9.58. The summed E-state index contributed by atoms with van der Waals surface area (Å²) < 4.78 is 5.68. The fourth-order valence-corrected chi connectivity index (χ4v) is 2.72. The van der Waals surface area contributed by atoms with Crippen molar-refractivity contribution < 1.29 is 4.74 Å². The van der Waals surface area contributed by atoms with Gasteiger partial charge in [0.15, 0.2) is 0 Å². The maximum atomic E-state index is 5.89. The molecule has 2 aliphatic rings. The van der Waals surface area contributed by atoms with Gasteiger partial charge in [-0.15, -0.1) is 0 Å². The predicted octanol–water partition coefficient (Wildman–Crippen LogP) is 1.27. The van der Waals surface area contributed by atoms with Crippen molar-refractivity contribution in [3.8, 4) is 0 Å². The van der Waals surface area contributed by atoms with E-state index in [1.165, 1.54) is 38.5 Å². The number of nitrogens with two attached hydrogens (primary N) is 1. The van der Waals surface area contributed by atoms with Gasteiger partial charge < -0.3 is 15.8 Å². The van der Waals surface area contributed by atoms with Gasteiger partial charge in [0.25, 0.3) is 0 Å². The normalized spacial score (nSPS) is 37.0. The van der Waals surface area contributed by atoms with Crippen LogP contribution in [0.1, 0.15) is 38.5 Å². The molecule has 88 valence electrons. The van der Waals surface area contributed by atoms with Crippen molar-refractivity contribution in [1.29, 1.82) is 0 Å². The highest BCUT2D eigenvalue weighted by atomic mass is 16.5. The van der Waals surface area contributed by atoms with Gasteiger partial charge in [-0.25, -0.2) is 0 Å². The maximum Gasteiger partial charge on any atom is 0.0699 e. The molecule has 1 aliphatic heterocycles. The SMILES string of the molecule is NC1CCC(CNCC2CCCCO2)C1. The van der Waals surface area contributed by atoms with Crippen molar-refractivity contribution in [3.05, 3.63) is 0 Å². The van der Waals surface area contributed by atoms with Crippen LogP contribution < -0.4 is 11.1 Å². The van der Waals surface area contributed by atoms with Crippen LogP contribution in [0.2, 0.25) is 0 Å². The van der Waals surface area contributed by atoms with Crippen LogP contribution in [0.15, 0.2) is 0 Å². The quantitative estimate of drug-likeness (QED) is 0.738. The Bertz CT molecular complexity index is 176. The summed E-state index contributed by atoms with van der Waals surface area (Å²) in [7, 11) is 0. The molecule has 0 aromatic carbocycles. The molecule has 2 rings (SSSR count). The first-order valence-electron chi connectivity index (χ1n) is 6.42. The molecule has 0 radical (unpaired) electrons. The first-order valence-corrected chi connectivity index (χ1v) is 6.42. The molecule has 1 saturated carbocycles. The first kappa shape index (κ1) is 11.4. The summed E-state index contributed by atoms with van der Waals surface area (Å²) in [5.74, 6) is 0.809. The van der Waals surface area contributed by atoms with Gasteiger partial charge in [-0.05, 0) is 51.0 Å². The van der Waals surface area contributed by atoms with Gasteiger partial charge in [-0.2, -0.15) is 0 Å². The lowest BCUT2D eigenvalue weighted by Crippen LogP contribution is -2.34. The summed E-state index contributed by atoms with van der Waals surface area (Å²) in [4.78, 5) is 0. The van der Waals surface area contributed by atoms with E-state index in [0.29, 0.717) is 12.1 Å². The van der Waals surface area contributed by atoms with Gasteiger partial charge in [0, 0.05) is 19.2 Å². The molecule has 1 aliphatic carbocycles. The van der Waals surface area contributed by atoms with Crippen LogP contribution in [0.25, 0.3) is 0 Å². The van der Waals surface area contributed by atoms with E-state index in [1.54, 1.807) is 0 Å². The average Bonchev–Trinajstić information content (AvgIpc) is 2.66. The lowest BCUT2D eigenvalue weighted by Gasteiger charge is -2.23. The van der Waals surface area contributed by atoms with Crippen molar-refractivity contribution in [1.82, 2.24) is 5.32 Å². The van der Waals surface area contributed by atoms with Crippen molar-refractivity contribution >= 4 is 0 Å². The number of rotatable bonds is 4. The highest BCUT2D eigenvalue weighted by Gasteiger charge is 2.21. The Labute approximate surface area is 92.7 Å². The summed E-state index contributed by atoms with van der Waals surface area (Å²) in [6, 6.07) is 0.461.